The summed E-state index contributed by atoms with van der Waals surface area (Å²) in [5.74, 6) is 1.17. The molecule has 11 heteroatoms. The molecule has 0 fully saturated rings. The fraction of sp³-hybridized carbons (Fsp3) is 0. The maximum Gasteiger partial charge on any atom is 0.203 e. The second kappa shape index (κ2) is 8.59. The van der Waals surface area contributed by atoms with Gasteiger partial charge in [0.25, 0.3) is 0 Å². The topological polar surface area (TPSA) is 77.3 Å². The van der Waals surface area contributed by atoms with Crippen molar-refractivity contribution in [2.75, 3.05) is 0 Å². The van der Waals surface area contributed by atoms with Crippen LogP contribution in [0.2, 0.25) is 14.0 Å². The predicted molar refractivity (Wildman–Crippen MR) is 101 cm³/mol. The fourth-order valence-electron chi connectivity index (χ4n) is 1.66. The van der Waals surface area contributed by atoms with Crippen molar-refractivity contribution in [1.29, 1.82) is 0 Å². The third-order valence-corrected chi connectivity index (χ3v) is 4.52. The zero-order chi connectivity index (χ0) is 17.6. The summed E-state index contributed by atoms with van der Waals surface area (Å²) in [6.45, 7) is 0. The van der Waals surface area contributed by atoms with Crippen LogP contribution < -0.4 is 0 Å². The summed E-state index contributed by atoms with van der Waals surface area (Å²) in [4.78, 5) is 16.0. The molecule has 4 aromatic rings. The summed E-state index contributed by atoms with van der Waals surface area (Å²) >= 11 is 19.4. The lowest BCUT2D eigenvalue weighted by Crippen LogP contribution is -1.83. The highest BCUT2D eigenvalue weighted by Crippen LogP contribution is 2.21. The predicted octanol–water partition coefficient (Wildman–Crippen LogP) is 5.16. The molecule has 0 spiro atoms. The highest BCUT2D eigenvalue weighted by molar-refractivity contribution is 7.10. The van der Waals surface area contributed by atoms with E-state index in [1.54, 1.807) is 30.7 Å². The molecule has 0 aromatic carbocycles. The molecule has 6 nitrogen and oxygen atoms in total. The first kappa shape index (κ1) is 18.1. The third kappa shape index (κ3) is 5.13. The standard InChI is InChI=1S/C7H3Cl2N3S.C7H4ClN3S/c8-4-1-2-10-5(3-4)6-11-7(9)13-12-6;8-7-10-6(11-12-7)5-1-3-9-4-2-5/h1-3H;1-4H. The Kier molecular flexibility index (Phi) is 6.22. The third-order valence-electron chi connectivity index (χ3n) is 2.69. The van der Waals surface area contributed by atoms with E-state index < -0.39 is 0 Å². The van der Waals surface area contributed by atoms with E-state index in [4.69, 9.17) is 34.8 Å². The van der Waals surface area contributed by atoms with Crippen LogP contribution in [-0.2, 0) is 0 Å². The smallest absolute Gasteiger partial charge is 0.203 e. The molecule has 0 aliphatic heterocycles. The molecule has 0 atom stereocenters. The second-order valence-corrected chi connectivity index (χ2v) is 7.44. The van der Waals surface area contributed by atoms with E-state index in [2.05, 4.69) is 28.7 Å². The average molecular weight is 430 g/mol. The summed E-state index contributed by atoms with van der Waals surface area (Å²) in [6.07, 6.45) is 5.00. The lowest BCUT2D eigenvalue weighted by molar-refractivity contribution is 1.23. The van der Waals surface area contributed by atoms with E-state index in [9.17, 15) is 0 Å². The van der Waals surface area contributed by atoms with Crippen molar-refractivity contribution in [3.63, 3.8) is 0 Å². The van der Waals surface area contributed by atoms with E-state index in [1.807, 2.05) is 12.1 Å². The SMILES string of the molecule is Clc1ccnc(-c2nsc(Cl)n2)c1.Clc1nc(-c2ccncc2)ns1. The number of aromatic nitrogens is 6. The summed E-state index contributed by atoms with van der Waals surface area (Å²) in [7, 11) is 0. The summed E-state index contributed by atoms with van der Waals surface area (Å²) < 4.78 is 8.92. The maximum atomic E-state index is 5.78. The highest BCUT2D eigenvalue weighted by Gasteiger charge is 2.06. The van der Waals surface area contributed by atoms with Crippen LogP contribution in [0.5, 0.6) is 0 Å². The number of halogens is 3. The van der Waals surface area contributed by atoms with Gasteiger partial charge in [-0.15, -0.1) is 0 Å². The van der Waals surface area contributed by atoms with Gasteiger partial charge in [-0.1, -0.05) is 11.6 Å². The quantitative estimate of drug-likeness (QED) is 0.438. The lowest BCUT2D eigenvalue weighted by Gasteiger charge is -1.93. The molecule has 0 aliphatic carbocycles. The van der Waals surface area contributed by atoms with E-state index >= 15 is 0 Å². The van der Waals surface area contributed by atoms with Crippen LogP contribution >= 0.6 is 57.9 Å². The highest BCUT2D eigenvalue weighted by atomic mass is 35.5. The van der Waals surface area contributed by atoms with Gasteiger partial charge in [-0.3, -0.25) is 9.97 Å². The maximum absolute atomic E-state index is 5.78. The molecule has 0 unspecified atom stereocenters. The van der Waals surface area contributed by atoms with Gasteiger partial charge in [-0.05, 0) is 70.5 Å². The van der Waals surface area contributed by atoms with E-state index in [0.717, 1.165) is 17.1 Å². The van der Waals surface area contributed by atoms with Crippen molar-refractivity contribution in [3.8, 4) is 22.9 Å². The fourth-order valence-corrected chi connectivity index (χ4v) is 3.04. The Morgan fingerprint density at radius 3 is 1.96 bits per heavy atom. The molecule has 25 heavy (non-hydrogen) atoms. The summed E-state index contributed by atoms with van der Waals surface area (Å²) in [6, 6.07) is 7.08. The summed E-state index contributed by atoms with van der Waals surface area (Å²) in [5.41, 5.74) is 1.57. The molecule has 0 N–H and O–H groups in total. The van der Waals surface area contributed by atoms with Gasteiger partial charge in [0, 0.05) is 29.2 Å². The van der Waals surface area contributed by atoms with Gasteiger partial charge < -0.3 is 0 Å². The van der Waals surface area contributed by atoms with Gasteiger partial charge in [0.15, 0.2) is 11.6 Å². The molecule has 4 aromatic heterocycles. The zero-order valence-corrected chi connectivity index (χ0v) is 16.1. The Morgan fingerprint density at radius 1 is 0.760 bits per heavy atom. The monoisotopic (exact) mass is 428 g/mol. The number of nitrogens with zero attached hydrogens (tertiary/aromatic N) is 6. The van der Waals surface area contributed by atoms with Crippen LogP contribution in [0.25, 0.3) is 22.9 Å². The Morgan fingerprint density at radius 2 is 1.40 bits per heavy atom. The molecule has 0 bridgehead atoms. The van der Waals surface area contributed by atoms with Crippen LogP contribution in [0, 0.1) is 0 Å². The van der Waals surface area contributed by atoms with Gasteiger partial charge in [-0.25, -0.2) is 9.97 Å². The van der Waals surface area contributed by atoms with Crippen LogP contribution in [0.1, 0.15) is 0 Å². The number of pyridine rings is 2. The van der Waals surface area contributed by atoms with Gasteiger partial charge in [0.2, 0.25) is 8.93 Å². The number of hydrogen-bond acceptors (Lipinski definition) is 8. The van der Waals surface area contributed by atoms with Crippen LogP contribution in [0.4, 0.5) is 0 Å². The van der Waals surface area contributed by atoms with Gasteiger partial charge in [0.05, 0.1) is 0 Å². The van der Waals surface area contributed by atoms with Crippen molar-refractivity contribution >= 4 is 57.9 Å². The minimum absolute atomic E-state index is 0.400. The lowest BCUT2D eigenvalue weighted by atomic mass is 10.3. The van der Waals surface area contributed by atoms with Gasteiger partial charge >= 0.3 is 0 Å². The molecule has 4 heterocycles. The Hall–Kier alpha value is -1.71. The van der Waals surface area contributed by atoms with Crippen molar-refractivity contribution in [1.82, 2.24) is 28.7 Å². The van der Waals surface area contributed by atoms with Gasteiger partial charge in [-0.2, -0.15) is 8.75 Å². The largest absolute Gasteiger partial charge is 0.265 e. The molecular formula is C14H7Cl3N6S2. The van der Waals surface area contributed by atoms with Crippen LogP contribution in [-0.4, -0.2) is 28.7 Å². The first-order valence-electron chi connectivity index (χ1n) is 6.62. The minimum atomic E-state index is 0.400. The Labute approximate surface area is 165 Å². The van der Waals surface area contributed by atoms with Crippen LogP contribution in [0.3, 0.4) is 0 Å². The summed E-state index contributed by atoms with van der Waals surface area (Å²) in [5, 5.41) is 0.607. The molecule has 126 valence electrons. The van der Waals surface area contributed by atoms with Gasteiger partial charge in [0.1, 0.15) is 5.69 Å². The minimum Gasteiger partial charge on any atom is -0.265 e. The van der Waals surface area contributed by atoms with Crippen molar-refractivity contribution < 1.29 is 0 Å². The number of rotatable bonds is 2. The van der Waals surface area contributed by atoms with E-state index in [1.165, 1.54) is 11.5 Å². The molecular weight excluding hydrogens is 423 g/mol. The molecule has 0 aliphatic rings. The second-order valence-electron chi connectivity index (χ2n) is 4.34. The first-order valence-corrected chi connectivity index (χ1v) is 9.30. The normalized spacial score (nSPS) is 10.2. The average Bonchev–Trinajstić information content (AvgIpc) is 3.25. The molecule has 0 radical (unpaired) electrons. The molecule has 0 amide bonds. The van der Waals surface area contributed by atoms with Crippen LogP contribution in [0.15, 0.2) is 42.9 Å². The Balaban J connectivity index is 0.000000146. The Bertz CT molecular complexity index is 960. The first-order chi connectivity index (χ1) is 12.1. The molecule has 0 saturated heterocycles. The van der Waals surface area contributed by atoms with Crippen molar-refractivity contribution in [2.24, 2.45) is 0 Å². The van der Waals surface area contributed by atoms with Crippen molar-refractivity contribution in [2.45, 2.75) is 0 Å². The van der Waals surface area contributed by atoms with Crippen molar-refractivity contribution in [3.05, 3.63) is 56.8 Å². The number of hydrogen-bond donors (Lipinski definition) is 0. The van der Waals surface area contributed by atoms with E-state index in [0.29, 0.717) is 31.3 Å². The zero-order valence-electron chi connectivity index (χ0n) is 12.2. The molecule has 0 saturated carbocycles. The molecule has 4 rings (SSSR count). The van der Waals surface area contributed by atoms with E-state index in [-0.39, 0.29) is 0 Å².